The van der Waals surface area contributed by atoms with E-state index in [1.54, 1.807) is 0 Å². The van der Waals surface area contributed by atoms with E-state index in [0.29, 0.717) is 6.42 Å². The van der Waals surface area contributed by atoms with Gasteiger partial charge in [0.1, 0.15) is 6.10 Å². The van der Waals surface area contributed by atoms with Gasteiger partial charge in [-0.15, -0.1) is 0 Å². The molecule has 1 fully saturated rings. The van der Waals surface area contributed by atoms with Crippen LogP contribution in [0.25, 0.3) is 0 Å². The topological polar surface area (TPSA) is 46.5 Å². The van der Waals surface area contributed by atoms with Gasteiger partial charge >= 0.3 is 5.97 Å². The van der Waals surface area contributed by atoms with Crippen molar-refractivity contribution in [2.24, 2.45) is 5.92 Å². The molecule has 0 aromatic rings. The number of esters is 1. The zero-order valence-corrected chi connectivity index (χ0v) is 6.04. The highest BCUT2D eigenvalue weighted by Crippen LogP contribution is 2.23. The number of ether oxygens (including phenoxy) is 1. The number of cyclic esters (lactones) is 1. The molecule has 10 heavy (non-hydrogen) atoms. The van der Waals surface area contributed by atoms with Crippen LogP contribution in [-0.4, -0.2) is 23.8 Å². The first-order chi connectivity index (χ1) is 4.77. The summed E-state index contributed by atoms with van der Waals surface area (Å²) in [6, 6.07) is 0. The molecule has 2 atom stereocenters. The van der Waals surface area contributed by atoms with Crippen LogP contribution >= 0.6 is 0 Å². The van der Waals surface area contributed by atoms with Gasteiger partial charge in [0.15, 0.2) is 0 Å². The number of carbonyl (C=O) groups is 1. The summed E-state index contributed by atoms with van der Waals surface area (Å²) in [6.45, 7) is 2.01. The molecule has 1 heterocycles. The fourth-order valence-electron chi connectivity index (χ4n) is 1.26. The van der Waals surface area contributed by atoms with Gasteiger partial charge in [-0.05, 0) is 6.42 Å². The lowest BCUT2D eigenvalue weighted by molar-refractivity contribution is -0.141. The van der Waals surface area contributed by atoms with Crippen LogP contribution in [0.3, 0.4) is 0 Å². The third-order valence-corrected chi connectivity index (χ3v) is 1.87. The maximum absolute atomic E-state index is 10.6. The Morgan fingerprint density at radius 3 is 2.90 bits per heavy atom. The van der Waals surface area contributed by atoms with Crippen molar-refractivity contribution in [2.75, 3.05) is 6.61 Å². The molecule has 0 aromatic carbocycles. The molecule has 0 unspecified atom stereocenters. The number of aliphatic hydroxyl groups is 1. The van der Waals surface area contributed by atoms with Crippen LogP contribution in [0.5, 0.6) is 0 Å². The van der Waals surface area contributed by atoms with Crippen molar-refractivity contribution in [3.8, 4) is 0 Å². The summed E-state index contributed by atoms with van der Waals surface area (Å²) < 4.78 is 4.92. The molecule has 0 aromatic heterocycles. The Labute approximate surface area is 60.0 Å². The van der Waals surface area contributed by atoms with Crippen LogP contribution < -0.4 is 0 Å². The van der Waals surface area contributed by atoms with Gasteiger partial charge in [-0.2, -0.15) is 0 Å². The van der Waals surface area contributed by atoms with Crippen molar-refractivity contribution >= 4 is 5.97 Å². The van der Waals surface area contributed by atoms with Crippen molar-refractivity contribution in [3.63, 3.8) is 0 Å². The van der Waals surface area contributed by atoms with Gasteiger partial charge in [0.2, 0.25) is 0 Å². The zero-order chi connectivity index (χ0) is 7.56. The van der Waals surface area contributed by atoms with Gasteiger partial charge < -0.3 is 9.84 Å². The molecule has 0 amide bonds. The minimum atomic E-state index is -0.175. The smallest absolute Gasteiger partial charge is 0.306 e. The highest BCUT2D eigenvalue weighted by atomic mass is 16.6. The molecule has 1 rings (SSSR count). The number of rotatable bonds is 2. The van der Waals surface area contributed by atoms with E-state index >= 15 is 0 Å². The van der Waals surface area contributed by atoms with E-state index in [1.165, 1.54) is 0 Å². The van der Waals surface area contributed by atoms with Crippen molar-refractivity contribution < 1.29 is 14.6 Å². The lowest BCUT2D eigenvalue weighted by Gasteiger charge is -2.11. The second-order valence-corrected chi connectivity index (χ2v) is 2.58. The molecule has 0 spiro atoms. The largest absolute Gasteiger partial charge is 0.462 e. The molecular formula is C7H12O3. The molecule has 0 radical (unpaired) electrons. The van der Waals surface area contributed by atoms with Gasteiger partial charge in [-0.1, -0.05) is 6.92 Å². The molecular weight excluding hydrogens is 132 g/mol. The van der Waals surface area contributed by atoms with Crippen LogP contribution in [0.2, 0.25) is 0 Å². The summed E-state index contributed by atoms with van der Waals surface area (Å²) >= 11 is 0. The Kier molecular flexibility index (Phi) is 2.27. The van der Waals surface area contributed by atoms with E-state index in [0.717, 1.165) is 6.42 Å². The van der Waals surface area contributed by atoms with Gasteiger partial charge in [0, 0.05) is 12.5 Å². The van der Waals surface area contributed by atoms with Crippen molar-refractivity contribution in [2.45, 2.75) is 25.9 Å². The fraction of sp³-hybridized carbons (Fsp3) is 0.857. The highest BCUT2D eigenvalue weighted by Gasteiger charge is 2.32. The molecule has 0 aliphatic carbocycles. The first-order valence-electron chi connectivity index (χ1n) is 3.58. The Balaban J connectivity index is 2.48. The lowest BCUT2D eigenvalue weighted by atomic mass is 10.0. The van der Waals surface area contributed by atoms with Crippen LogP contribution in [0.4, 0.5) is 0 Å². The molecule has 1 aliphatic rings. The monoisotopic (exact) mass is 144 g/mol. The summed E-state index contributed by atoms with van der Waals surface area (Å²) in [5.74, 6) is -0.136. The lowest BCUT2D eigenvalue weighted by Crippen LogP contribution is -2.17. The number of hydrogen-bond donors (Lipinski definition) is 1. The van der Waals surface area contributed by atoms with Crippen molar-refractivity contribution in [1.29, 1.82) is 0 Å². The molecule has 3 heteroatoms. The first kappa shape index (κ1) is 7.54. The third kappa shape index (κ3) is 1.29. The van der Waals surface area contributed by atoms with Crippen LogP contribution in [0, 0.1) is 5.92 Å². The maximum Gasteiger partial charge on any atom is 0.306 e. The first-order valence-corrected chi connectivity index (χ1v) is 3.58. The standard InChI is InChI=1S/C7H12O3/c1-2-6-5(4-8)3-7(9)10-6/h5-6,8H,2-4H2,1H3/t5-,6-/m1/s1. The molecule has 58 valence electrons. The predicted octanol–water partition coefficient (Wildman–Crippen LogP) is 0.320. The van der Waals surface area contributed by atoms with Crippen molar-refractivity contribution in [1.82, 2.24) is 0 Å². The van der Waals surface area contributed by atoms with Gasteiger partial charge in [-0.25, -0.2) is 0 Å². The predicted molar refractivity (Wildman–Crippen MR) is 35.4 cm³/mol. The van der Waals surface area contributed by atoms with Crippen LogP contribution in [0.1, 0.15) is 19.8 Å². The fourth-order valence-corrected chi connectivity index (χ4v) is 1.26. The van der Waals surface area contributed by atoms with Crippen LogP contribution in [-0.2, 0) is 9.53 Å². The minimum Gasteiger partial charge on any atom is -0.462 e. The van der Waals surface area contributed by atoms with Gasteiger partial charge in [0.25, 0.3) is 0 Å². The third-order valence-electron chi connectivity index (χ3n) is 1.87. The molecule has 0 bridgehead atoms. The van der Waals surface area contributed by atoms with E-state index in [4.69, 9.17) is 9.84 Å². The van der Waals surface area contributed by atoms with E-state index in [9.17, 15) is 4.79 Å². The highest BCUT2D eigenvalue weighted by molar-refractivity contribution is 5.72. The molecule has 1 aliphatic heterocycles. The molecule has 1 N–H and O–H groups in total. The van der Waals surface area contributed by atoms with E-state index in [-0.39, 0.29) is 24.6 Å². The Bertz CT molecular complexity index is 119. The average Bonchev–Trinajstić information content (AvgIpc) is 2.30. The van der Waals surface area contributed by atoms with E-state index in [2.05, 4.69) is 0 Å². The summed E-state index contributed by atoms with van der Waals surface area (Å²) in [4.78, 5) is 10.6. The van der Waals surface area contributed by atoms with Gasteiger partial charge in [-0.3, -0.25) is 4.79 Å². The SMILES string of the molecule is CC[C@H]1OC(=O)C[C@@H]1CO. The minimum absolute atomic E-state index is 0.0394. The Morgan fingerprint density at radius 1 is 1.80 bits per heavy atom. The zero-order valence-electron chi connectivity index (χ0n) is 6.04. The number of carbonyl (C=O) groups excluding carboxylic acids is 1. The second-order valence-electron chi connectivity index (χ2n) is 2.58. The van der Waals surface area contributed by atoms with Gasteiger partial charge in [0.05, 0.1) is 6.42 Å². The molecule has 1 saturated heterocycles. The molecule has 3 nitrogen and oxygen atoms in total. The summed E-state index contributed by atoms with van der Waals surface area (Å²) in [5.41, 5.74) is 0. The Morgan fingerprint density at radius 2 is 2.50 bits per heavy atom. The van der Waals surface area contributed by atoms with Crippen molar-refractivity contribution in [3.05, 3.63) is 0 Å². The number of hydrogen-bond acceptors (Lipinski definition) is 3. The van der Waals surface area contributed by atoms with E-state index in [1.807, 2.05) is 6.92 Å². The quantitative estimate of drug-likeness (QED) is 0.568. The summed E-state index contributed by atoms with van der Waals surface area (Å²) in [7, 11) is 0. The second kappa shape index (κ2) is 3.01. The van der Waals surface area contributed by atoms with E-state index < -0.39 is 0 Å². The Hall–Kier alpha value is -0.570. The molecule has 0 saturated carbocycles. The summed E-state index contributed by atoms with van der Waals surface area (Å²) in [6.07, 6.45) is 1.14. The average molecular weight is 144 g/mol. The van der Waals surface area contributed by atoms with Crippen LogP contribution in [0.15, 0.2) is 0 Å². The normalized spacial score (nSPS) is 32.4. The maximum atomic E-state index is 10.6. The number of aliphatic hydroxyl groups excluding tert-OH is 1. The summed E-state index contributed by atoms with van der Waals surface area (Å²) in [5, 5.41) is 8.75.